The second kappa shape index (κ2) is 4.15. The highest BCUT2D eigenvalue weighted by molar-refractivity contribution is 6.23. The zero-order valence-corrected chi connectivity index (χ0v) is 7.36. The molecule has 4 heteroatoms. The van der Waals surface area contributed by atoms with Gasteiger partial charge in [-0.25, -0.2) is 0 Å². The zero-order chi connectivity index (χ0) is 12.0. The second-order valence-electron chi connectivity index (χ2n) is 2.54. The fourth-order valence-corrected chi connectivity index (χ4v) is 1.06. The SMILES string of the molecule is [2H]CC1=CC(=NC#N)C=C(C[2H])C1=NC#N. The lowest BCUT2D eigenvalue weighted by molar-refractivity contribution is 1.38. The Balaban J connectivity index is 3.27. The number of hydrogen-bond donors (Lipinski definition) is 0. The number of allylic oxidation sites excluding steroid dienone is 4. The van der Waals surface area contributed by atoms with E-state index >= 15 is 0 Å². The molecule has 0 N–H and O–H groups in total. The van der Waals surface area contributed by atoms with Crippen molar-refractivity contribution in [2.75, 3.05) is 0 Å². The summed E-state index contributed by atoms with van der Waals surface area (Å²) in [5.74, 6) is 0. The van der Waals surface area contributed by atoms with Crippen LogP contribution in [0.1, 0.15) is 16.5 Å². The molecule has 0 spiro atoms. The summed E-state index contributed by atoms with van der Waals surface area (Å²) in [6.07, 6.45) is 6.36. The molecule has 0 fully saturated rings. The average molecular weight is 186 g/mol. The van der Waals surface area contributed by atoms with Gasteiger partial charge in [0.05, 0.1) is 11.4 Å². The minimum atomic E-state index is -0.0672. The van der Waals surface area contributed by atoms with Gasteiger partial charge < -0.3 is 0 Å². The van der Waals surface area contributed by atoms with Crippen LogP contribution in [0.25, 0.3) is 0 Å². The van der Waals surface area contributed by atoms with Crippen LogP contribution in [0.5, 0.6) is 0 Å². The molecule has 0 saturated heterocycles. The number of nitriles is 2. The molecular weight excluding hydrogens is 176 g/mol. The molecule has 0 atom stereocenters. The first-order valence-electron chi connectivity index (χ1n) is 5.12. The predicted molar refractivity (Wildman–Crippen MR) is 53.6 cm³/mol. The maximum absolute atomic E-state index is 8.52. The summed E-state index contributed by atoms with van der Waals surface area (Å²) >= 11 is 0. The summed E-state index contributed by atoms with van der Waals surface area (Å²) in [7, 11) is 0. The van der Waals surface area contributed by atoms with E-state index < -0.39 is 0 Å². The Kier molecular flexibility index (Phi) is 2.14. The van der Waals surface area contributed by atoms with Gasteiger partial charge >= 0.3 is 0 Å². The van der Waals surface area contributed by atoms with E-state index in [0.29, 0.717) is 22.6 Å². The lowest BCUT2D eigenvalue weighted by Crippen LogP contribution is -2.10. The summed E-state index contributed by atoms with van der Waals surface area (Å²) in [6, 6.07) is 0. The van der Waals surface area contributed by atoms with Crippen molar-refractivity contribution < 1.29 is 2.74 Å². The largest absolute Gasteiger partial charge is 0.206 e. The average Bonchev–Trinajstić information content (AvgIpc) is 2.31. The molecule has 0 bridgehead atoms. The Morgan fingerprint density at radius 3 is 2.14 bits per heavy atom. The third-order valence-electron chi connectivity index (χ3n) is 1.59. The second-order valence-corrected chi connectivity index (χ2v) is 2.54. The van der Waals surface area contributed by atoms with Gasteiger partial charge in [-0.2, -0.15) is 20.5 Å². The van der Waals surface area contributed by atoms with Gasteiger partial charge in [0.15, 0.2) is 0 Å². The predicted octanol–water partition coefficient (Wildman–Crippen LogP) is 1.74. The molecule has 1 aliphatic carbocycles. The van der Waals surface area contributed by atoms with Crippen molar-refractivity contribution >= 4 is 11.4 Å². The molecule has 0 aromatic heterocycles. The number of aliphatic imine (C=N–C) groups is 2. The van der Waals surface area contributed by atoms with Crippen LogP contribution in [0.15, 0.2) is 33.3 Å². The van der Waals surface area contributed by atoms with Crippen molar-refractivity contribution in [3.8, 4) is 12.4 Å². The molecule has 0 heterocycles. The molecule has 68 valence electrons. The highest BCUT2D eigenvalue weighted by Crippen LogP contribution is 2.14. The van der Waals surface area contributed by atoms with E-state index in [2.05, 4.69) is 9.98 Å². The van der Waals surface area contributed by atoms with E-state index in [-0.39, 0.29) is 13.8 Å². The van der Waals surface area contributed by atoms with Crippen molar-refractivity contribution in [3.63, 3.8) is 0 Å². The van der Waals surface area contributed by atoms with Crippen molar-refractivity contribution in [1.82, 2.24) is 0 Å². The quantitative estimate of drug-likeness (QED) is 0.427. The summed E-state index contributed by atoms with van der Waals surface area (Å²) in [5.41, 5.74) is 1.74. The van der Waals surface area contributed by atoms with Crippen LogP contribution in [0, 0.1) is 22.9 Å². The highest BCUT2D eigenvalue weighted by Gasteiger charge is 2.11. The first-order valence-corrected chi connectivity index (χ1v) is 3.70. The van der Waals surface area contributed by atoms with Gasteiger partial charge in [0.1, 0.15) is 0 Å². The van der Waals surface area contributed by atoms with Gasteiger partial charge in [-0.15, -0.1) is 0 Å². The molecule has 0 radical (unpaired) electrons. The Morgan fingerprint density at radius 1 is 1.14 bits per heavy atom. The van der Waals surface area contributed by atoms with Crippen molar-refractivity contribution in [1.29, 1.82) is 10.5 Å². The fourth-order valence-electron chi connectivity index (χ4n) is 1.06. The Morgan fingerprint density at radius 2 is 1.71 bits per heavy atom. The van der Waals surface area contributed by atoms with Gasteiger partial charge in [-0.1, -0.05) is 0 Å². The number of nitrogens with zero attached hydrogens (tertiary/aromatic N) is 4. The first kappa shape index (κ1) is 7.23. The molecule has 0 unspecified atom stereocenters. The Bertz CT molecular complexity index is 460. The minimum absolute atomic E-state index is 0.0672. The van der Waals surface area contributed by atoms with E-state index in [1.165, 1.54) is 12.2 Å². The molecule has 0 aliphatic heterocycles. The van der Waals surface area contributed by atoms with Crippen LogP contribution in [0.4, 0.5) is 0 Å². The van der Waals surface area contributed by atoms with Gasteiger partial charge in [0.2, 0.25) is 12.4 Å². The standard InChI is InChI=1S/C10H8N4/c1-7-3-9(13-5-11)4-8(2)10(7)14-6-12/h3-4H,1-2H3/i1D,2D. The Hall–Kier alpha value is -2.20. The molecule has 0 aromatic carbocycles. The van der Waals surface area contributed by atoms with E-state index in [4.69, 9.17) is 13.3 Å². The van der Waals surface area contributed by atoms with Crippen molar-refractivity contribution in [2.45, 2.75) is 13.8 Å². The topological polar surface area (TPSA) is 72.3 Å². The van der Waals surface area contributed by atoms with Gasteiger partial charge in [-0.3, -0.25) is 0 Å². The summed E-state index contributed by atoms with van der Waals surface area (Å²) in [4.78, 5) is 7.13. The van der Waals surface area contributed by atoms with Gasteiger partial charge in [0, 0.05) is 2.74 Å². The third-order valence-corrected chi connectivity index (χ3v) is 1.59. The van der Waals surface area contributed by atoms with E-state index in [1.54, 1.807) is 12.4 Å². The molecule has 0 aromatic rings. The highest BCUT2D eigenvalue weighted by atomic mass is 14.8. The normalized spacial score (nSPS) is 16.7. The first-order chi connectivity index (χ1) is 7.76. The van der Waals surface area contributed by atoms with Crippen LogP contribution in [0.3, 0.4) is 0 Å². The van der Waals surface area contributed by atoms with E-state index in [1.807, 2.05) is 0 Å². The molecule has 0 saturated carbocycles. The fraction of sp³-hybridized carbons (Fsp3) is 0.200. The maximum Gasteiger partial charge on any atom is 0.206 e. The third kappa shape index (κ3) is 1.94. The molecule has 14 heavy (non-hydrogen) atoms. The van der Waals surface area contributed by atoms with Crippen LogP contribution in [0.2, 0.25) is 0 Å². The zero-order valence-electron chi connectivity index (χ0n) is 9.36. The monoisotopic (exact) mass is 186 g/mol. The Labute approximate surface area is 85.0 Å². The number of rotatable bonds is 0. The lowest BCUT2D eigenvalue weighted by Gasteiger charge is -2.10. The minimum Gasteiger partial charge on any atom is -0.174 e. The summed E-state index contributed by atoms with van der Waals surface area (Å²) < 4.78 is 14.6. The van der Waals surface area contributed by atoms with E-state index in [0.717, 1.165) is 0 Å². The van der Waals surface area contributed by atoms with Crippen molar-refractivity contribution in [3.05, 3.63) is 23.3 Å². The van der Waals surface area contributed by atoms with Gasteiger partial charge in [-0.05, 0) is 37.1 Å². The van der Waals surface area contributed by atoms with Crippen LogP contribution in [-0.4, -0.2) is 11.4 Å². The summed E-state index contributed by atoms with van der Waals surface area (Å²) in [5, 5.41) is 17.0. The lowest BCUT2D eigenvalue weighted by atomic mass is 9.97. The molecule has 4 nitrogen and oxygen atoms in total. The van der Waals surface area contributed by atoms with E-state index in [9.17, 15) is 0 Å². The molecule has 1 aliphatic rings. The number of hydrogen-bond acceptors (Lipinski definition) is 4. The van der Waals surface area contributed by atoms with Crippen molar-refractivity contribution in [2.24, 2.45) is 9.98 Å². The van der Waals surface area contributed by atoms with Gasteiger partial charge in [0.25, 0.3) is 0 Å². The summed E-state index contributed by atoms with van der Waals surface area (Å²) in [6.45, 7) is -0.134. The van der Waals surface area contributed by atoms with Crippen LogP contribution in [-0.2, 0) is 0 Å². The maximum atomic E-state index is 8.52. The van der Waals surface area contributed by atoms with Crippen LogP contribution >= 0.6 is 0 Å². The van der Waals surface area contributed by atoms with Crippen LogP contribution < -0.4 is 0 Å². The molecular formula is C10H8N4. The molecule has 1 rings (SSSR count). The molecule has 0 amide bonds. The smallest absolute Gasteiger partial charge is 0.174 e.